The number of H-pyrrole nitrogens is 1. The minimum absolute atomic E-state index is 0.0977. The zero-order valence-electron chi connectivity index (χ0n) is 14.3. The lowest BCUT2D eigenvalue weighted by atomic mass is 10.0. The zero-order chi connectivity index (χ0) is 19.4. The Labute approximate surface area is 164 Å². The Morgan fingerprint density at radius 3 is 2.78 bits per heavy atom. The molecule has 6 nitrogen and oxygen atoms in total. The summed E-state index contributed by atoms with van der Waals surface area (Å²) < 4.78 is 0. The maximum absolute atomic E-state index is 11.3. The number of aromatic amines is 1. The van der Waals surface area contributed by atoms with Crippen LogP contribution >= 0.6 is 23.4 Å². The van der Waals surface area contributed by atoms with Crippen LogP contribution in [-0.4, -0.2) is 21.2 Å². The molecule has 2 aromatic heterocycles. The van der Waals surface area contributed by atoms with Crippen molar-refractivity contribution < 1.29 is 9.90 Å². The molecule has 2 heterocycles. The highest BCUT2D eigenvalue weighted by atomic mass is 35.5. The van der Waals surface area contributed by atoms with Gasteiger partial charge in [-0.1, -0.05) is 29.4 Å². The molecule has 3 N–H and O–H groups in total. The van der Waals surface area contributed by atoms with Gasteiger partial charge in [0.1, 0.15) is 5.03 Å². The summed E-state index contributed by atoms with van der Waals surface area (Å²) in [6, 6.07) is 10.6. The second kappa shape index (κ2) is 8.28. The van der Waals surface area contributed by atoms with Crippen LogP contribution in [0.5, 0.6) is 0 Å². The second-order valence-corrected chi connectivity index (χ2v) is 7.18. The van der Waals surface area contributed by atoms with E-state index in [2.05, 4.69) is 15.3 Å². The van der Waals surface area contributed by atoms with Crippen molar-refractivity contribution in [1.82, 2.24) is 15.3 Å². The van der Waals surface area contributed by atoms with Crippen molar-refractivity contribution in [3.05, 3.63) is 75.3 Å². The average molecular weight is 402 g/mol. The van der Waals surface area contributed by atoms with Gasteiger partial charge in [0, 0.05) is 29.9 Å². The summed E-state index contributed by atoms with van der Waals surface area (Å²) in [5.41, 5.74) is 3.08. The molecule has 0 saturated carbocycles. The predicted molar refractivity (Wildman–Crippen MR) is 105 cm³/mol. The molecule has 0 aliphatic carbocycles. The molecule has 0 radical (unpaired) electrons. The Bertz CT molecular complexity index is 1030. The number of aryl methyl sites for hydroxylation is 1. The third-order valence-electron chi connectivity index (χ3n) is 3.83. The number of carbonyl (C=O) groups is 1. The van der Waals surface area contributed by atoms with Crippen LogP contribution in [0.3, 0.4) is 0 Å². The quantitative estimate of drug-likeness (QED) is 0.591. The third-order valence-corrected chi connectivity index (χ3v) is 5.55. The van der Waals surface area contributed by atoms with Gasteiger partial charge in [0.15, 0.2) is 0 Å². The van der Waals surface area contributed by atoms with Gasteiger partial charge in [-0.05, 0) is 53.4 Å². The molecule has 3 rings (SSSR count). The highest BCUT2D eigenvalue weighted by Gasteiger charge is 2.15. The van der Waals surface area contributed by atoms with Crippen LogP contribution in [-0.2, 0) is 6.54 Å². The van der Waals surface area contributed by atoms with E-state index in [0.717, 1.165) is 32.2 Å². The number of hydrogen-bond donors (Lipinski definition) is 3. The summed E-state index contributed by atoms with van der Waals surface area (Å²) in [5, 5.41) is 12.6. The van der Waals surface area contributed by atoms with Gasteiger partial charge >= 0.3 is 6.09 Å². The number of halogens is 1. The zero-order valence-corrected chi connectivity index (χ0v) is 15.9. The molecule has 0 bridgehead atoms. The van der Waals surface area contributed by atoms with Gasteiger partial charge < -0.3 is 15.4 Å². The fourth-order valence-electron chi connectivity index (χ4n) is 2.50. The molecular weight excluding hydrogens is 386 g/mol. The minimum atomic E-state index is -1.12. The summed E-state index contributed by atoms with van der Waals surface area (Å²) in [4.78, 5) is 30.0. The van der Waals surface area contributed by atoms with E-state index in [9.17, 15) is 9.59 Å². The summed E-state index contributed by atoms with van der Waals surface area (Å²) in [6.07, 6.45) is 2.18. The van der Waals surface area contributed by atoms with Crippen LogP contribution < -0.4 is 10.9 Å². The molecule has 0 saturated heterocycles. The fourth-order valence-corrected chi connectivity index (χ4v) is 3.81. The van der Waals surface area contributed by atoms with E-state index in [4.69, 9.17) is 16.7 Å². The van der Waals surface area contributed by atoms with Crippen molar-refractivity contribution in [2.45, 2.75) is 23.4 Å². The van der Waals surface area contributed by atoms with Crippen molar-refractivity contribution in [1.29, 1.82) is 0 Å². The highest BCUT2D eigenvalue weighted by molar-refractivity contribution is 7.99. The van der Waals surface area contributed by atoms with Crippen molar-refractivity contribution in [3.63, 3.8) is 0 Å². The second-order valence-electron chi connectivity index (χ2n) is 5.77. The maximum atomic E-state index is 11.3. The van der Waals surface area contributed by atoms with Crippen LogP contribution in [0.25, 0.3) is 11.1 Å². The molecule has 0 unspecified atom stereocenters. The first-order chi connectivity index (χ1) is 12.9. The summed E-state index contributed by atoms with van der Waals surface area (Å²) >= 11 is 7.93. The molecule has 138 valence electrons. The molecule has 1 amide bonds. The van der Waals surface area contributed by atoms with Gasteiger partial charge in [-0.25, -0.2) is 9.78 Å². The molecular formula is C19H16ClN3O3S. The van der Waals surface area contributed by atoms with Crippen LogP contribution in [0.15, 0.2) is 63.5 Å². The number of pyridine rings is 2. The average Bonchev–Trinajstić information content (AvgIpc) is 2.64. The molecule has 1 aromatic carbocycles. The highest BCUT2D eigenvalue weighted by Crippen LogP contribution is 2.39. The Balaban J connectivity index is 2.05. The number of nitrogens with zero attached hydrogens (tertiary/aromatic N) is 1. The molecule has 0 spiro atoms. The van der Waals surface area contributed by atoms with Crippen LogP contribution in [0.2, 0.25) is 5.02 Å². The van der Waals surface area contributed by atoms with Crippen molar-refractivity contribution in [3.8, 4) is 11.1 Å². The van der Waals surface area contributed by atoms with Crippen LogP contribution in [0.1, 0.15) is 11.1 Å². The SMILES string of the molecule is Cc1cccnc1Sc1c(Cl)cc(-c2ccc(=O)[nH]c2)cc1CNC(=O)O. The Morgan fingerprint density at radius 2 is 2.11 bits per heavy atom. The number of rotatable bonds is 5. The van der Waals surface area contributed by atoms with Gasteiger partial charge in [-0.15, -0.1) is 0 Å². The van der Waals surface area contributed by atoms with Crippen molar-refractivity contribution >= 4 is 29.5 Å². The first-order valence-corrected chi connectivity index (χ1v) is 9.21. The van der Waals surface area contributed by atoms with E-state index in [1.807, 2.05) is 25.1 Å². The van der Waals surface area contributed by atoms with Gasteiger partial charge in [0.05, 0.1) is 5.02 Å². The van der Waals surface area contributed by atoms with Gasteiger partial charge in [-0.2, -0.15) is 0 Å². The van der Waals surface area contributed by atoms with Crippen LogP contribution in [0.4, 0.5) is 4.79 Å². The lowest BCUT2D eigenvalue weighted by Gasteiger charge is -2.14. The van der Waals surface area contributed by atoms with E-state index >= 15 is 0 Å². The van der Waals surface area contributed by atoms with Crippen molar-refractivity contribution in [2.24, 2.45) is 0 Å². The maximum Gasteiger partial charge on any atom is 0.404 e. The van der Waals surface area contributed by atoms with E-state index in [0.29, 0.717) is 5.02 Å². The third kappa shape index (κ3) is 4.69. The van der Waals surface area contributed by atoms with Crippen LogP contribution in [0, 0.1) is 6.92 Å². The first kappa shape index (κ1) is 19.0. The summed E-state index contributed by atoms with van der Waals surface area (Å²) in [5.74, 6) is 0. The molecule has 0 fully saturated rings. The van der Waals surface area contributed by atoms with E-state index in [1.165, 1.54) is 17.8 Å². The molecule has 0 atom stereocenters. The smallest absolute Gasteiger partial charge is 0.404 e. The summed E-state index contributed by atoms with van der Waals surface area (Å²) in [7, 11) is 0. The number of aromatic nitrogens is 2. The minimum Gasteiger partial charge on any atom is -0.465 e. The lowest BCUT2D eigenvalue weighted by molar-refractivity contribution is 0.194. The number of amides is 1. The molecule has 8 heteroatoms. The Morgan fingerprint density at radius 1 is 1.30 bits per heavy atom. The Kier molecular flexibility index (Phi) is 5.83. The molecule has 0 aliphatic heterocycles. The standard InChI is InChI=1S/C19H16ClN3O3S/c1-11-3-2-6-21-18(11)27-17-14(10-23-19(25)26)7-13(8-15(17)20)12-4-5-16(24)22-9-12/h2-9,23H,10H2,1H3,(H,22,24)(H,25,26). The molecule has 3 aromatic rings. The number of hydrogen-bond acceptors (Lipinski definition) is 4. The van der Waals surface area contributed by atoms with E-state index < -0.39 is 6.09 Å². The van der Waals surface area contributed by atoms with Gasteiger partial charge in [0.2, 0.25) is 5.56 Å². The predicted octanol–water partition coefficient (Wildman–Crippen LogP) is 4.32. The molecule has 27 heavy (non-hydrogen) atoms. The molecule has 0 aliphatic rings. The largest absolute Gasteiger partial charge is 0.465 e. The monoisotopic (exact) mass is 401 g/mol. The van der Waals surface area contributed by atoms with E-state index in [-0.39, 0.29) is 12.1 Å². The number of benzene rings is 1. The number of nitrogens with one attached hydrogen (secondary N) is 2. The number of carboxylic acid groups (broad SMARTS) is 1. The van der Waals surface area contributed by atoms with Gasteiger partial charge in [0.25, 0.3) is 0 Å². The normalized spacial score (nSPS) is 10.6. The fraction of sp³-hybridized carbons (Fsp3) is 0.105. The first-order valence-electron chi connectivity index (χ1n) is 8.02. The summed E-state index contributed by atoms with van der Waals surface area (Å²) in [6.45, 7) is 2.05. The Hall–Kier alpha value is -2.77. The lowest BCUT2D eigenvalue weighted by Crippen LogP contribution is -2.20. The van der Waals surface area contributed by atoms with E-state index in [1.54, 1.807) is 24.5 Å². The topological polar surface area (TPSA) is 95.1 Å². The van der Waals surface area contributed by atoms with Gasteiger partial charge in [-0.3, -0.25) is 4.79 Å². The van der Waals surface area contributed by atoms with Crippen molar-refractivity contribution in [2.75, 3.05) is 0 Å².